The molecule has 3 rings (SSSR count). The van der Waals surface area contributed by atoms with Gasteiger partial charge in [0.1, 0.15) is 11.9 Å². The molecule has 8 heteroatoms. The van der Waals surface area contributed by atoms with Crippen molar-refractivity contribution in [3.63, 3.8) is 0 Å². The van der Waals surface area contributed by atoms with Crippen LogP contribution in [0.5, 0.6) is 0 Å². The summed E-state index contributed by atoms with van der Waals surface area (Å²) in [6, 6.07) is 0.485. The molecule has 8 nitrogen and oxygen atoms in total. The van der Waals surface area contributed by atoms with Crippen molar-refractivity contribution in [3.8, 4) is 0 Å². The fraction of sp³-hybridized carbons (Fsp3) is 0.824. The quantitative estimate of drug-likeness (QED) is 0.789. The molecule has 1 aromatic rings. The van der Waals surface area contributed by atoms with Gasteiger partial charge in [0.05, 0.1) is 25.9 Å². The van der Waals surface area contributed by atoms with Gasteiger partial charge in [-0.25, -0.2) is 4.98 Å². The Morgan fingerprint density at radius 1 is 1.52 bits per heavy atom. The highest BCUT2D eigenvalue weighted by Crippen LogP contribution is 2.33. The van der Waals surface area contributed by atoms with Crippen molar-refractivity contribution in [3.05, 3.63) is 12.2 Å². The first kappa shape index (κ1) is 18.3. The van der Waals surface area contributed by atoms with Crippen LogP contribution in [0.1, 0.15) is 37.3 Å². The number of aryl methyl sites for hydroxylation is 1. The molecule has 2 saturated heterocycles. The Bertz CT molecular complexity index is 605. The van der Waals surface area contributed by atoms with E-state index in [0.29, 0.717) is 32.3 Å². The predicted octanol–water partition coefficient (Wildman–Crippen LogP) is 0.546. The van der Waals surface area contributed by atoms with Crippen molar-refractivity contribution in [2.45, 2.75) is 44.4 Å². The summed E-state index contributed by atoms with van der Waals surface area (Å²) in [7, 11) is 3.87. The first-order valence-electron chi connectivity index (χ1n) is 8.99. The van der Waals surface area contributed by atoms with Crippen molar-refractivity contribution in [2.24, 2.45) is 7.05 Å². The maximum atomic E-state index is 12.7. The van der Waals surface area contributed by atoms with Crippen LogP contribution < -0.4 is 0 Å². The Hall–Kier alpha value is -1.51. The second-order valence-corrected chi connectivity index (χ2v) is 7.52. The molecule has 0 saturated carbocycles. The van der Waals surface area contributed by atoms with Crippen LogP contribution >= 0.6 is 0 Å². The van der Waals surface area contributed by atoms with Crippen LogP contribution in [0.3, 0.4) is 0 Å². The lowest BCUT2D eigenvalue weighted by Crippen LogP contribution is -2.47. The highest BCUT2D eigenvalue weighted by Gasteiger charge is 2.44. The second-order valence-electron chi connectivity index (χ2n) is 7.52. The first-order valence-corrected chi connectivity index (χ1v) is 8.99. The van der Waals surface area contributed by atoms with E-state index in [1.807, 2.05) is 0 Å². The Morgan fingerprint density at radius 3 is 3.00 bits per heavy atom. The molecule has 2 atom stereocenters. The molecule has 0 N–H and O–H groups in total. The smallest absolute Gasteiger partial charge is 0.293 e. The van der Waals surface area contributed by atoms with Gasteiger partial charge in [-0.3, -0.25) is 9.48 Å². The third-order valence-electron chi connectivity index (χ3n) is 5.14. The highest BCUT2D eigenvalue weighted by molar-refractivity contribution is 5.90. The molecule has 1 amide bonds. The number of ether oxygens (including phenoxy) is 2. The lowest BCUT2D eigenvalue weighted by Gasteiger charge is -2.32. The van der Waals surface area contributed by atoms with Crippen LogP contribution in [0.15, 0.2) is 6.33 Å². The van der Waals surface area contributed by atoms with Gasteiger partial charge in [0.2, 0.25) is 5.82 Å². The van der Waals surface area contributed by atoms with Gasteiger partial charge in [0.15, 0.2) is 0 Å². The normalized spacial score (nSPS) is 27.4. The Labute approximate surface area is 149 Å². The molecule has 2 aliphatic heterocycles. The largest absolute Gasteiger partial charge is 0.377 e. The average Bonchev–Trinajstić information content (AvgIpc) is 3.10. The molecular weight excluding hydrogens is 322 g/mol. The van der Waals surface area contributed by atoms with Crippen LogP contribution in [0.25, 0.3) is 0 Å². The summed E-state index contributed by atoms with van der Waals surface area (Å²) in [5.74, 6) is 0.0745. The second kappa shape index (κ2) is 7.39. The van der Waals surface area contributed by atoms with Crippen molar-refractivity contribution >= 4 is 5.91 Å². The summed E-state index contributed by atoms with van der Waals surface area (Å²) < 4.78 is 13.7. The molecule has 2 unspecified atom stereocenters. The van der Waals surface area contributed by atoms with E-state index in [1.54, 1.807) is 23.0 Å². The minimum Gasteiger partial charge on any atom is -0.377 e. The molecule has 0 bridgehead atoms. The first-order chi connectivity index (χ1) is 11.9. The zero-order valence-corrected chi connectivity index (χ0v) is 15.6. The molecule has 0 aromatic carbocycles. The van der Waals surface area contributed by atoms with Gasteiger partial charge in [-0.2, -0.15) is 0 Å². The van der Waals surface area contributed by atoms with E-state index in [9.17, 15) is 4.79 Å². The molecule has 1 aromatic heterocycles. The number of carbonyl (C=O) groups is 1. The van der Waals surface area contributed by atoms with E-state index in [4.69, 9.17) is 9.47 Å². The number of hydrogen-bond acceptors (Lipinski definition) is 6. The SMILES string of the molecule is CC(C)N(C)CC1CCC2(COCCN(C(=O)c3ncn(C)n3)C2)O1. The van der Waals surface area contributed by atoms with Gasteiger partial charge in [0, 0.05) is 26.2 Å². The van der Waals surface area contributed by atoms with E-state index in [0.717, 1.165) is 19.4 Å². The third-order valence-corrected chi connectivity index (χ3v) is 5.14. The third kappa shape index (κ3) is 4.19. The molecule has 0 radical (unpaired) electrons. The Balaban J connectivity index is 1.67. The minimum absolute atomic E-state index is 0.156. The van der Waals surface area contributed by atoms with Crippen molar-refractivity contribution in [2.75, 3.05) is 39.9 Å². The number of likely N-dealkylation sites (N-methyl/N-ethyl adjacent to an activating group) is 1. The number of rotatable bonds is 4. The molecule has 2 fully saturated rings. The Kier molecular flexibility index (Phi) is 5.41. The fourth-order valence-corrected chi connectivity index (χ4v) is 3.44. The van der Waals surface area contributed by atoms with Gasteiger partial charge in [0.25, 0.3) is 5.91 Å². The summed E-state index contributed by atoms with van der Waals surface area (Å²) >= 11 is 0. The zero-order chi connectivity index (χ0) is 18.0. The van der Waals surface area contributed by atoms with E-state index in [2.05, 4.69) is 35.9 Å². The van der Waals surface area contributed by atoms with Crippen molar-refractivity contribution in [1.82, 2.24) is 24.6 Å². The summed E-state index contributed by atoms with van der Waals surface area (Å²) in [4.78, 5) is 20.9. The van der Waals surface area contributed by atoms with Crippen LogP contribution in [-0.4, -0.2) is 88.1 Å². The van der Waals surface area contributed by atoms with Gasteiger partial charge >= 0.3 is 0 Å². The number of hydrogen-bond donors (Lipinski definition) is 0. The van der Waals surface area contributed by atoms with Gasteiger partial charge in [-0.15, -0.1) is 5.10 Å². The number of amides is 1. The van der Waals surface area contributed by atoms with Crippen LogP contribution in [-0.2, 0) is 16.5 Å². The number of carbonyl (C=O) groups excluding carboxylic acids is 1. The molecule has 140 valence electrons. The highest BCUT2D eigenvalue weighted by atomic mass is 16.6. The number of nitrogens with zero attached hydrogens (tertiary/aromatic N) is 5. The van der Waals surface area contributed by atoms with Gasteiger partial charge in [-0.1, -0.05) is 0 Å². The fourth-order valence-electron chi connectivity index (χ4n) is 3.44. The maximum Gasteiger partial charge on any atom is 0.293 e. The van der Waals surface area contributed by atoms with Gasteiger partial charge < -0.3 is 19.3 Å². The average molecular weight is 351 g/mol. The Morgan fingerprint density at radius 2 is 2.32 bits per heavy atom. The van der Waals surface area contributed by atoms with Crippen LogP contribution in [0.2, 0.25) is 0 Å². The lowest BCUT2D eigenvalue weighted by molar-refractivity contribution is -0.0901. The molecule has 0 aliphatic carbocycles. The minimum atomic E-state index is -0.413. The van der Waals surface area contributed by atoms with E-state index in [-0.39, 0.29) is 17.8 Å². The molecule has 1 spiro atoms. The maximum absolute atomic E-state index is 12.7. The van der Waals surface area contributed by atoms with E-state index < -0.39 is 5.60 Å². The van der Waals surface area contributed by atoms with Crippen LogP contribution in [0.4, 0.5) is 0 Å². The molecule has 25 heavy (non-hydrogen) atoms. The van der Waals surface area contributed by atoms with Crippen LogP contribution in [0, 0.1) is 0 Å². The lowest BCUT2D eigenvalue weighted by atomic mass is 10.00. The standard InChI is InChI=1S/C17H29N5O3/c1-13(2)20(3)9-14-5-6-17(25-14)10-22(7-8-24-11-17)16(23)15-18-12-21(4)19-15/h12-14H,5-11H2,1-4H3. The molecular formula is C17H29N5O3. The number of aromatic nitrogens is 3. The zero-order valence-electron chi connectivity index (χ0n) is 15.6. The molecule has 2 aliphatic rings. The van der Waals surface area contributed by atoms with Crippen molar-refractivity contribution < 1.29 is 14.3 Å². The van der Waals surface area contributed by atoms with E-state index >= 15 is 0 Å². The van der Waals surface area contributed by atoms with E-state index in [1.165, 1.54) is 0 Å². The summed E-state index contributed by atoms with van der Waals surface area (Å²) in [6.07, 6.45) is 3.62. The predicted molar refractivity (Wildman–Crippen MR) is 92.3 cm³/mol. The topological polar surface area (TPSA) is 72.7 Å². The summed E-state index contributed by atoms with van der Waals surface area (Å²) in [5, 5.41) is 4.13. The summed E-state index contributed by atoms with van der Waals surface area (Å²) in [5.41, 5.74) is -0.413. The van der Waals surface area contributed by atoms with Crippen molar-refractivity contribution in [1.29, 1.82) is 0 Å². The molecule has 3 heterocycles. The van der Waals surface area contributed by atoms with Gasteiger partial charge in [-0.05, 0) is 33.7 Å². The summed E-state index contributed by atoms with van der Waals surface area (Å²) in [6.45, 7) is 7.38. The monoisotopic (exact) mass is 351 g/mol.